The van der Waals surface area contributed by atoms with Crippen molar-refractivity contribution in [3.63, 3.8) is 0 Å². The Morgan fingerprint density at radius 1 is 1.26 bits per heavy atom. The van der Waals surface area contributed by atoms with Crippen LogP contribution in [-0.4, -0.2) is 25.9 Å². The van der Waals surface area contributed by atoms with Gasteiger partial charge >= 0.3 is 0 Å². The minimum atomic E-state index is 0.405. The molecule has 19 heavy (non-hydrogen) atoms. The lowest BCUT2D eigenvalue weighted by atomic mass is 9.92. The minimum Gasteiger partial charge on any atom is -0.490 e. The molecule has 2 fully saturated rings. The van der Waals surface area contributed by atoms with Gasteiger partial charge in [0, 0.05) is 18.6 Å². The monoisotopic (exact) mass is 261 g/mol. The molecule has 2 aliphatic rings. The number of hydrogen-bond donors (Lipinski definition) is 1. The molecule has 1 saturated carbocycles. The van der Waals surface area contributed by atoms with Gasteiger partial charge in [0.1, 0.15) is 5.75 Å². The van der Waals surface area contributed by atoms with Crippen LogP contribution in [0.25, 0.3) is 0 Å². The lowest BCUT2D eigenvalue weighted by Gasteiger charge is -2.24. The highest BCUT2D eigenvalue weighted by Crippen LogP contribution is 2.31. The Bertz CT molecular complexity index is 394. The molecule has 1 aliphatic carbocycles. The van der Waals surface area contributed by atoms with E-state index in [0.29, 0.717) is 18.1 Å². The minimum absolute atomic E-state index is 0.405. The maximum Gasteiger partial charge on any atom is 0.119 e. The normalized spacial score (nSPS) is 24.4. The van der Waals surface area contributed by atoms with Gasteiger partial charge in [-0.1, -0.05) is 19.1 Å². The Hall–Kier alpha value is -1.06. The average molecular weight is 261 g/mol. The van der Waals surface area contributed by atoms with Crippen LogP contribution in [0, 0.1) is 5.92 Å². The van der Waals surface area contributed by atoms with E-state index in [9.17, 15) is 0 Å². The topological polar surface area (TPSA) is 30.5 Å². The number of hydrogen-bond acceptors (Lipinski definition) is 3. The van der Waals surface area contributed by atoms with Gasteiger partial charge in [-0.25, -0.2) is 0 Å². The van der Waals surface area contributed by atoms with Gasteiger partial charge in [-0.05, 0) is 43.5 Å². The van der Waals surface area contributed by atoms with E-state index in [0.717, 1.165) is 31.9 Å². The molecule has 3 nitrogen and oxygen atoms in total. The zero-order valence-electron chi connectivity index (χ0n) is 11.6. The molecule has 104 valence electrons. The van der Waals surface area contributed by atoms with Gasteiger partial charge in [-0.2, -0.15) is 0 Å². The summed E-state index contributed by atoms with van der Waals surface area (Å²) in [6.45, 7) is 4.92. The van der Waals surface area contributed by atoms with Crippen LogP contribution in [-0.2, 0) is 4.74 Å². The van der Waals surface area contributed by atoms with Crippen LogP contribution >= 0.6 is 0 Å². The first-order chi connectivity index (χ1) is 9.36. The molecule has 0 bridgehead atoms. The van der Waals surface area contributed by atoms with Crippen LogP contribution in [0.5, 0.6) is 5.75 Å². The Labute approximate surface area is 115 Å². The fourth-order valence-electron chi connectivity index (χ4n) is 2.72. The molecule has 3 rings (SSSR count). The number of rotatable bonds is 6. The zero-order valence-corrected chi connectivity index (χ0v) is 11.6. The number of benzene rings is 1. The largest absolute Gasteiger partial charge is 0.490 e. The van der Waals surface area contributed by atoms with E-state index in [1.54, 1.807) is 0 Å². The summed E-state index contributed by atoms with van der Waals surface area (Å²) in [6.07, 6.45) is 4.04. The predicted molar refractivity (Wildman–Crippen MR) is 75.4 cm³/mol. The Kier molecular flexibility index (Phi) is 4.04. The molecule has 0 spiro atoms. The second kappa shape index (κ2) is 5.93. The van der Waals surface area contributed by atoms with E-state index in [2.05, 4.69) is 36.5 Å². The third kappa shape index (κ3) is 3.28. The Balaban J connectivity index is 1.69. The average Bonchev–Trinajstić information content (AvgIpc) is 3.08. The highest BCUT2D eigenvalue weighted by molar-refractivity contribution is 5.30. The van der Waals surface area contributed by atoms with E-state index in [1.807, 2.05) is 0 Å². The van der Waals surface area contributed by atoms with Crippen LogP contribution in [0.3, 0.4) is 0 Å². The number of nitrogens with one attached hydrogen (secondary N) is 1. The standard InChI is InChI=1S/C16H23NO2/c1-2-17-16(13-9-10-18-11-13)12-3-5-14(6-4-12)19-15-7-8-15/h3-6,13,15-17H,2,7-11H2,1H3. The summed E-state index contributed by atoms with van der Waals surface area (Å²) in [6, 6.07) is 9.01. The highest BCUT2D eigenvalue weighted by atomic mass is 16.5. The quantitative estimate of drug-likeness (QED) is 0.854. The predicted octanol–water partition coefficient (Wildman–Crippen LogP) is 2.91. The fourth-order valence-corrected chi connectivity index (χ4v) is 2.72. The summed E-state index contributed by atoms with van der Waals surface area (Å²) in [5.74, 6) is 1.60. The van der Waals surface area contributed by atoms with Crippen molar-refractivity contribution in [2.24, 2.45) is 5.92 Å². The molecule has 2 atom stereocenters. The zero-order chi connectivity index (χ0) is 13.1. The summed E-state index contributed by atoms with van der Waals surface area (Å²) < 4.78 is 11.3. The molecule has 2 unspecified atom stereocenters. The molecule has 0 aromatic heterocycles. The molecule has 0 radical (unpaired) electrons. The smallest absolute Gasteiger partial charge is 0.119 e. The second-order valence-electron chi connectivity index (χ2n) is 5.55. The van der Waals surface area contributed by atoms with Crippen molar-refractivity contribution in [2.75, 3.05) is 19.8 Å². The Morgan fingerprint density at radius 3 is 2.63 bits per heavy atom. The first-order valence-electron chi connectivity index (χ1n) is 7.44. The molecule has 0 amide bonds. The van der Waals surface area contributed by atoms with E-state index in [1.165, 1.54) is 18.4 Å². The third-order valence-electron chi connectivity index (χ3n) is 3.93. The molecular formula is C16H23NO2. The lowest BCUT2D eigenvalue weighted by Crippen LogP contribution is -2.28. The third-order valence-corrected chi connectivity index (χ3v) is 3.93. The molecule has 1 aromatic carbocycles. The van der Waals surface area contributed by atoms with Crippen molar-refractivity contribution >= 4 is 0 Å². The van der Waals surface area contributed by atoms with Gasteiger partial charge in [0.05, 0.1) is 12.7 Å². The van der Waals surface area contributed by atoms with Gasteiger partial charge in [-0.3, -0.25) is 0 Å². The summed E-state index contributed by atoms with van der Waals surface area (Å²) in [4.78, 5) is 0. The van der Waals surface area contributed by atoms with Crippen LogP contribution in [0.2, 0.25) is 0 Å². The molecular weight excluding hydrogens is 238 g/mol. The van der Waals surface area contributed by atoms with Crippen molar-refractivity contribution in [2.45, 2.75) is 38.3 Å². The van der Waals surface area contributed by atoms with Gasteiger partial charge in [0.15, 0.2) is 0 Å². The maximum absolute atomic E-state index is 5.80. The van der Waals surface area contributed by atoms with Crippen LogP contribution in [0.15, 0.2) is 24.3 Å². The molecule has 1 N–H and O–H groups in total. The SMILES string of the molecule is CCNC(c1ccc(OC2CC2)cc1)C1CCOC1. The molecule has 1 aliphatic heterocycles. The lowest BCUT2D eigenvalue weighted by molar-refractivity contribution is 0.177. The van der Waals surface area contributed by atoms with E-state index in [4.69, 9.17) is 9.47 Å². The summed E-state index contributed by atoms with van der Waals surface area (Å²) >= 11 is 0. The van der Waals surface area contributed by atoms with Crippen molar-refractivity contribution < 1.29 is 9.47 Å². The maximum atomic E-state index is 5.80. The van der Waals surface area contributed by atoms with Crippen molar-refractivity contribution in [1.82, 2.24) is 5.32 Å². The van der Waals surface area contributed by atoms with E-state index in [-0.39, 0.29) is 0 Å². The first kappa shape index (κ1) is 12.9. The van der Waals surface area contributed by atoms with Crippen molar-refractivity contribution in [3.05, 3.63) is 29.8 Å². The fraction of sp³-hybridized carbons (Fsp3) is 0.625. The summed E-state index contributed by atoms with van der Waals surface area (Å²) in [5.41, 5.74) is 1.35. The molecule has 1 aromatic rings. The summed E-state index contributed by atoms with van der Waals surface area (Å²) in [7, 11) is 0. The molecule has 1 saturated heterocycles. The van der Waals surface area contributed by atoms with Crippen LogP contribution in [0.4, 0.5) is 0 Å². The van der Waals surface area contributed by atoms with Gasteiger partial charge in [-0.15, -0.1) is 0 Å². The van der Waals surface area contributed by atoms with Gasteiger partial charge < -0.3 is 14.8 Å². The van der Waals surface area contributed by atoms with Gasteiger partial charge in [0.25, 0.3) is 0 Å². The van der Waals surface area contributed by atoms with E-state index >= 15 is 0 Å². The van der Waals surface area contributed by atoms with Crippen LogP contribution in [0.1, 0.15) is 37.8 Å². The second-order valence-corrected chi connectivity index (χ2v) is 5.55. The van der Waals surface area contributed by atoms with Crippen molar-refractivity contribution in [3.8, 4) is 5.75 Å². The highest BCUT2D eigenvalue weighted by Gasteiger charge is 2.27. The Morgan fingerprint density at radius 2 is 2.05 bits per heavy atom. The van der Waals surface area contributed by atoms with Crippen molar-refractivity contribution in [1.29, 1.82) is 0 Å². The molecule has 3 heteroatoms. The van der Waals surface area contributed by atoms with Crippen LogP contribution < -0.4 is 10.1 Å². The van der Waals surface area contributed by atoms with Gasteiger partial charge in [0.2, 0.25) is 0 Å². The molecule has 1 heterocycles. The summed E-state index contributed by atoms with van der Waals surface area (Å²) in [5, 5.41) is 3.59. The number of ether oxygens (including phenoxy) is 2. The first-order valence-corrected chi connectivity index (χ1v) is 7.44. The van der Waals surface area contributed by atoms with E-state index < -0.39 is 0 Å².